The summed E-state index contributed by atoms with van der Waals surface area (Å²) in [6.07, 6.45) is 0.670. The topological polar surface area (TPSA) is 58.6 Å². The number of amides is 2. The van der Waals surface area contributed by atoms with E-state index in [9.17, 15) is 9.59 Å². The second-order valence-electron chi connectivity index (χ2n) is 6.03. The van der Waals surface area contributed by atoms with Crippen molar-refractivity contribution in [2.45, 2.75) is 19.4 Å². The summed E-state index contributed by atoms with van der Waals surface area (Å²) in [7, 11) is 0. The SMILES string of the molecule is CC(NC(=O)C1CC1C(=O)N1CCOCC1)c1ccccc1. The Hall–Kier alpha value is -1.88. The summed E-state index contributed by atoms with van der Waals surface area (Å²) in [6.45, 7) is 4.45. The van der Waals surface area contributed by atoms with Gasteiger partial charge in [0.1, 0.15) is 0 Å². The maximum absolute atomic E-state index is 12.3. The van der Waals surface area contributed by atoms with E-state index in [0.29, 0.717) is 32.7 Å². The van der Waals surface area contributed by atoms with E-state index in [-0.39, 0.29) is 29.7 Å². The highest BCUT2D eigenvalue weighted by Gasteiger charge is 2.49. The Bertz CT molecular complexity index is 540. The monoisotopic (exact) mass is 302 g/mol. The lowest BCUT2D eigenvalue weighted by atomic mass is 10.1. The number of hydrogen-bond acceptors (Lipinski definition) is 3. The summed E-state index contributed by atoms with van der Waals surface area (Å²) < 4.78 is 5.25. The van der Waals surface area contributed by atoms with Gasteiger partial charge in [-0.25, -0.2) is 0 Å². The average Bonchev–Trinajstić information content (AvgIpc) is 3.36. The molecule has 1 aromatic rings. The molecule has 1 saturated carbocycles. The number of nitrogens with one attached hydrogen (secondary N) is 1. The number of morpholine rings is 1. The number of rotatable bonds is 4. The number of carbonyl (C=O) groups excluding carboxylic acids is 2. The van der Waals surface area contributed by atoms with Crippen molar-refractivity contribution in [3.05, 3.63) is 35.9 Å². The standard InChI is InChI=1S/C17H22N2O3/c1-12(13-5-3-2-4-6-13)18-16(20)14-11-15(14)17(21)19-7-9-22-10-8-19/h2-6,12,14-15H,7-11H2,1H3,(H,18,20). The fraction of sp³-hybridized carbons (Fsp3) is 0.529. The Labute approximate surface area is 130 Å². The van der Waals surface area contributed by atoms with E-state index in [1.165, 1.54) is 0 Å². The van der Waals surface area contributed by atoms with Crippen LogP contribution in [0.15, 0.2) is 30.3 Å². The van der Waals surface area contributed by atoms with Crippen LogP contribution >= 0.6 is 0 Å². The van der Waals surface area contributed by atoms with Crippen molar-refractivity contribution in [1.82, 2.24) is 10.2 Å². The molecule has 5 heteroatoms. The highest BCUT2D eigenvalue weighted by Crippen LogP contribution is 2.40. The van der Waals surface area contributed by atoms with Crippen molar-refractivity contribution >= 4 is 11.8 Å². The molecule has 22 heavy (non-hydrogen) atoms. The molecular formula is C17H22N2O3. The molecule has 1 N–H and O–H groups in total. The summed E-state index contributed by atoms with van der Waals surface area (Å²) in [4.78, 5) is 26.4. The minimum atomic E-state index is -0.165. The van der Waals surface area contributed by atoms with E-state index in [0.717, 1.165) is 5.56 Å². The molecule has 1 aliphatic heterocycles. The Morgan fingerprint density at radius 3 is 2.55 bits per heavy atom. The molecule has 2 aliphatic rings. The summed E-state index contributed by atoms with van der Waals surface area (Å²) in [6, 6.07) is 9.83. The zero-order valence-electron chi connectivity index (χ0n) is 12.8. The van der Waals surface area contributed by atoms with Crippen LogP contribution in [-0.2, 0) is 14.3 Å². The molecule has 1 aliphatic carbocycles. The molecule has 5 nitrogen and oxygen atoms in total. The lowest BCUT2D eigenvalue weighted by molar-refractivity contribution is -0.138. The number of carbonyl (C=O) groups is 2. The van der Waals surface area contributed by atoms with E-state index in [1.807, 2.05) is 42.2 Å². The van der Waals surface area contributed by atoms with Crippen molar-refractivity contribution in [3.63, 3.8) is 0 Å². The Morgan fingerprint density at radius 2 is 1.86 bits per heavy atom. The first-order valence-corrected chi connectivity index (χ1v) is 7.88. The zero-order valence-corrected chi connectivity index (χ0v) is 12.8. The fourth-order valence-electron chi connectivity index (χ4n) is 2.92. The number of hydrogen-bond donors (Lipinski definition) is 1. The van der Waals surface area contributed by atoms with Gasteiger partial charge in [0.2, 0.25) is 11.8 Å². The molecule has 3 atom stereocenters. The molecule has 2 amide bonds. The fourth-order valence-corrected chi connectivity index (χ4v) is 2.92. The van der Waals surface area contributed by atoms with Gasteiger partial charge in [-0.15, -0.1) is 0 Å². The Balaban J connectivity index is 1.51. The van der Waals surface area contributed by atoms with E-state index in [1.54, 1.807) is 0 Å². The molecule has 3 rings (SSSR count). The largest absolute Gasteiger partial charge is 0.378 e. The predicted octanol–water partition coefficient (Wildman–Crippen LogP) is 1.36. The smallest absolute Gasteiger partial charge is 0.226 e. The third-order valence-corrected chi connectivity index (χ3v) is 4.43. The second-order valence-corrected chi connectivity index (χ2v) is 6.03. The lowest BCUT2D eigenvalue weighted by Gasteiger charge is -2.27. The molecule has 2 fully saturated rings. The molecule has 0 spiro atoms. The molecule has 3 unspecified atom stereocenters. The van der Waals surface area contributed by atoms with Crippen LogP contribution in [0.25, 0.3) is 0 Å². The quantitative estimate of drug-likeness (QED) is 0.913. The second kappa shape index (κ2) is 6.48. The highest BCUT2D eigenvalue weighted by molar-refractivity contribution is 5.92. The van der Waals surface area contributed by atoms with Gasteiger partial charge in [0.25, 0.3) is 0 Å². The van der Waals surface area contributed by atoms with Gasteiger partial charge < -0.3 is 15.0 Å². The van der Waals surface area contributed by atoms with E-state index < -0.39 is 0 Å². The molecule has 1 saturated heterocycles. The van der Waals surface area contributed by atoms with Crippen LogP contribution in [0.3, 0.4) is 0 Å². The third-order valence-electron chi connectivity index (χ3n) is 4.43. The first-order valence-electron chi connectivity index (χ1n) is 7.88. The maximum Gasteiger partial charge on any atom is 0.226 e. The highest BCUT2D eigenvalue weighted by atomic mass is 16.5. The zero-order chi connectivity index (χ0) is 15.5. The Morgan fingerprint density at radius 1 is 1.18 bits per heavy atom. The van der Waals surface area contributed by atoms with Gasteiger partial charge in [0.15, 0.2) is 0 Å². The third kappa shape index (κ3) is 3.30. The van der Waals surface area contributed by atoms with Gasteiger partial charge in [-0.1, -0.05) is 30.3 Å². The van der Waals surface area contributed by atoms with Crippen molar-refractivity contribution in [2.75, 3.05) is 26.3 Å². The first kappa shape index (κ1) is 15.0. The molecule has 1 aromatic carbocycles. The lowest BCUT2D eigenvalue weighted by Crippen LogP contribution is -2.42. The van der Waals surface area contributed by atoms with Crippen LogP contribution in [-0.4, -0.2) is 43.0 Å². The normalized spacial score (nSPS) is 25.4. The van der Waals surface area contributed by atoms with Gasteiger partial charge in [0.05, 0.1) is 31.1 Å². The van der Waals surface area contributed by atoms with Crippen LogP contribution in [0, 0.1) is 11.8 Å². The van der Waals surface area contributed by atoms with Gasteiger partial charge in [-0.05, 0) is 18.9 Å². The molecular weight excluding hydrogens is 280 g/mol. The van der Waals surface area contributed by atoms with Crippen LogP contribution in [0.5, 0.6) is 0 Å². The van der Waals surface area contributed by atoms with Gasteiger partial charge in [0, 0.05) is 13.1 Å². The number of benzene rings is 1. The van der Waals surface area contributed by atoms with E-state index in [4.69, 9.17) is 4.74 Å². The number of nitrogens with zero attached hydrogens (tertiary/aromatic N) is 1. The molecule has 0 radical (unpaired) electrons. The average molecular weight is 302 g/mol. The summed E-state index contributed by atoms with van der Waals surface area (Å²) in [5.74, 6) is -0.207. The molecule has 0 bridgehead atoms. The van der Waals surface area contributed by atoms with Crippen molar-refractivity contribution in [1.29, 1.82) is 0 Å². The first-order chi connectivity index (χ1) is 10.7. The summed E-state index contributed by atoms with van der Waals surface area (Å²) in [5, 5.41) is 3.01. The van der Waals surface area contributed by atoms with Crippen molar-refractivity contribution in [3.8, 4) is 0 Å². The number of ether oxygens (including phenoxy) is 1. The van der Waals surface area contributed by atoms with Crippen LogP contribution in [0.1, 0.15) is 24.9 Å². The van der Waals surface area contributed by atoms with Crippen LogP contribution in [0.4, 0.5) is 0 Å². The Kier molecular flexibility index (Phi) is 4.43. The van der Waals surface area contributed by atoms with Crippen LogP contribution < -0.4 is 5.32 Å². The van der Waals surface area contributed by atoms with E-state index >= 15 is 0 Å². The van der Waals surface area contributed by atoms with Crippen LogP contribution in [0.2, 0.25) is 0 Å². The van der Waals surface area contributed by atoms with Gasteiger partial charge in [-0.2, -0.15) is 0 Å². The van der Waals surface area contributed by atoms with E-state index in [2.05, 4.69) is 5.32 Å². The minimum Gasteiger partial charge on any atom is -0.378 e. The van der Waals surface area contributed by atoms with Gasteiger partial charge in [-0.3, -0.25) is 9.59 Å². The molecule has 118 valence electrons. The molecule has 0 aromatic heterocycles. The minimum absolute atomic E-state index is 0.0111. The maximum atomic E-state index is 12.3. The summed E-state index contributed by atoms with van der Waals surface area (Å²) >= 11 is 0. The van der Waals surface area contributed by atoms with Crippen molar-refractivity contribution in [2.24, 2.45) is 11.8 Å². The van der Waals surface area contributed by atoms with Gasteiger partial charge >= 0.3 is 0 Å². The predicted molar refractivity (Wildman–Crippen MR) is 82.0 cm³/mol. The summed E-state index contributed by atoms with van der Waals surface area (Å²) in [5.41, 5.74) is 1.08. The molecule has 1 heterocycles. The van der Waals surface area contributed by atoms with Crippen molar-refractivity contribution < 1.29 is 14.3 Å².